The number of aryl methyl sites for hydroxylation is 1. The molecule has 1 aromatic carbocycles. The lowest BCUT2D eigenvalue weighted by Gasteiger charge is -2.17. The normalized spacial score (nSPS) is 20.8. The van der Waals surface area contributed by atoms with Gasteiger partial charge in [0.25, 0.3) is 0 Å². The largest absolute Gasteiger partial charge is 0.481 e. The molecular weight excluding hydrogens is 292 g/mol. The van der Waals surface area contributed by atoms with E-state index in [9.17, 15) is 18.4 Å². The van der Waals surface area contributed by atoms with Crippen molar-refractivity contribution in [2.75, 3.05) is 0 Å². The van der Waals surface area contributed by atoms with Crippen LogP contribution in [-0.4, -0.2) is 23.0 Å². The predicted octanol–water partition coefficient (Wildman–Crippen LogP) is 2.66. The van der Waals surface area contributed by atoms with E-state index in [1.165, 1.54) is 6.07 Å². The van der Waals surface area contributed by atoms with Crippen LogP contribution in [0.2, 0.25) is 0 Å². The number of carboxylic acid groups (broad SMARTS) is 1. The summed E-state index contributed by atoms with van der Waals surface area (Å²) in [4.78, 5) is 22.9. The van der Waals surface area contributed by atoms with Crippen LogP contribution in [0.1, 0.15) is 37.7 Å². The molecule has 0 radical (unpaired) electrons. The number of hydrogen-bond donors (Lipinski definition) is 2. The summed E-state index contributed by atoms with van der Waals surface area (Å²) in [5, 5.41) is 11.8. The molecule has 0 unspecified atom stereocenters. The van der Waals surface area contributed by atoms with Crippen molar-refractivity contribution >= 4 is 11.9 Å². The van der Waals surface area contributed by atoms with E-state index in [2.05, 4.69) is 5.32 Å². The molecule has 2 N–H and O–H groups in total. The molecule has 4 nitrogen and oxygen atoms in total. The van der Waals surface area contributed by atoms with Crippen LogP contribution in [-0.2, 0) is 16.0 Å². The van der Waals surface area contributed by atoms with Gasteiger partial charge in [0.1, 0.15) is 0 Å². The topological polar surface area (TPSA) is 66.4 Å². The first-order valence-electron chi connectivity index (χ1n) is 7.43. The van der Waals surface area contributed by atoms with Crippen LogP contribution >= 0.6 is 0 Å². The quantitative estimate of drug-likeness (QED) is 0.849. The first kappa shape index (κ1) is 16.4. The van der Waals surface area contributed by atoms with Gasteiger partial charge in [-0.1, -0.05) is 12.5 Å². The molecule has 22 heavy (non-hydrogen) atoms. The van der Waals surface area contributed by atoms with Crippen LogP contribution in [0.25, 0.3) is 0 Å². The molecule has 0 saturated heterocycles. The lowest BCUT2D eigenvalue weighted by molar-refractivity contribution is -0.142. The molecule has 1 saturated carbocycles. The summed E-state index contributed by atoms with van der Waals surface area (Å²) in [5.74, 6) is -3.35. The molecular formula is C16H19F2NO3. The average molecular weight is 311 g/mol. The van der Waals surface area contributed by atoms with E-state index in [1.807, 2.05) is 0 Å². The molecule has 0 heterocycles. The Bertz CT molecular complexity index is 562. The van der Waals surface area contributed by atoms with E-state index in [0.29, 0.717) is 31.2 Å². The molecule has 1 fully saturated rings. The van der Waals surface area contributed by atoms with Gasteiger partial charge in [-0.15, -0.1) is 0 Å². The monoisotopic (exact) mass is 311 g/mol. The van der Waals surface area contributed by atoms with Crippen molar-refractivity contribution in [1.82, 2.24) is 5.32 Å². The second-order valence-corrected chi connectivity index (χ2v) is 5.65. The molecule has 2 atom stereocenters. The van der Waals surface area contributed by atoms with Crippen LogP contribution in [0.5, 0.6) is 0 Å². The number of carboxylic acids is 1. The zero-order valence-electron chi connectivity index (χ0n) is 12.1. The number of amides is 1. The predicted molar refractivity (Wildman–Crippen MR) is 76.2 cm³/mol. The van der Waals surface area contributed by atoms with E-state index in [4.69, 9.17) is 5.11 Å². The molecule has 0 bridgehead atoms. The Morgan fingerprint density at radius 3 is 2.68 bits per heavy atom. The smallest absolute Gasteiger partial charge is 0.308 e. The molecule has 2 rings (SSSR count). The SMILES string of the molecule is O=C(CCCc1ccc(F)c(F)c1)N[C@@H]1CCC[C@H]1C(=O)O. The van der Waals surface area contributed by atoms with Crippen LogP contribution in [0, 0.1) is 17.6 Å². The highest BCUT2D eigenvalue weighted by Gasteiger charge is 2.33. The zero-order chi connectivity index (χ0) is 16.1. The summed E-state index contributed by atoms with van der Waals surface area (Å²) >= 11 is 0. The third-order valence-electron chi connectivity index (χ3n) is 4.03. The zero-order valence-corrected chi connectivity index (χ0v) is 12.1. The molecule has 0 aliphatic heterocycles. The number of halogens is 2. The van der Waals surface area contributed by atoms with E-state index in [0.717, 1.165) is 18.6 Å². The number of benzene rings is 1. The van der Waals surface area contributed by atoms with Gasteiger partial charge in [-0.25, -0.2) is 8.78 Å². The molecule has 0 spiro atoms. The van der Waals surface area contributed by atoms with Gasteiger partial charge in [-0.05, 0) is 43.4 Å². The lowest BCUT2D eigenvalue weighted by atomic mass is 10.0. The van der Waals surface area contributed by atoms with E-state index in [1.54, 1.807) is 0 Å². The van der Waals surface area contributed by atoms with Gasteiger partial charge in [0.05, 0.1) is 5.92 Å². The molecule has 1 aliphatic carbocycles. The van der Waals surface area contributed by atoms with Crippen molar-refractivity contribution in [3.05, 3.63) is 35.4 Å². The Hall–Kier alpha value is -1.98. The number of hydrogen-bond acceptors (Lipinski definition) is 2. The second kappa shape index (κ2) is 7.33. The van der Waals surface area contributed by atoms with Crippen LogP contribution in [0.4, 0.5) is 8.78 Å². The lowest BCUT2D eigenvalue weighted by Crippen LogP contribution is -2.40. The Kier molecular flexibility index (Phi) is 5.46. The fraction of sp³-hybridized carbons (Fsp3) is 0.500. The minimum Gasteiger partial charge on any atom is -0.481 e. The third kappa shape index (κ3) is 4.26. The highest BCUT2D eigenvalue weighted by atomic mass is 19.2. The first-order chi connectivity index (χ1) is 10.5. The summed E-state index contributed by atoms with van der Waals surface area (Å²) in [6.45, 7) is 0. The number of nitrogens with one attached hydrogen (secondary N) is 1. The number of rotatable bonds is 6. The summed E-state index contributed by atoms with van der Waals surface area (Å²) in [6.07, 6.45) is 3.29. The maximum atomic E-state index is 13.0. The van der Waals surface area contributed by atoms with Crippen LogP contribution in [0.15, 0.2) is 18.2 Å². The minimum atomic E-state index is -0.891. The fourth-order valence-electron chi connectivity index (χ4n) is 2.86. The highest BCUT2D eigenvalue weighted by Crippen LogP contribution is 2.25. The van der Waals surface area contributed by atoms with Gasteiger partial charge in [0.2, 0.25) is 5.91 Å². The average Bonchev–Trinajstić information content (AvgIpc) is 2.91. The second-order valence-electron chi connectivity index (χ2n) is 5.65. The van der Waals surface area contributed by atoms with Crippen molar-refractivity contribution in [3.63, 3.8) is 0 Å². The van der Waals surface area contributed by atoms with Crippen molar-refractivity contribution in [2.24, 2.45) is 5.92 Å². The Balaban J connectivity index is 1.76. The summed E-state index contributed by atoms with van der Waals surface area (Å²) in [6, 6.07) is 3.40. The van der Waals surface area contributed by atoms with Crippen molar-refractivity contribution in [1.29, 1.82) is 0 Å². The molecule has 6 heteroatoms. The summed E-state index contributed by atoms with van der Waals surface area (Å²) < 4.78 is 25.8. The van der Waals surface area contributed by atoms with E-state index < -0.39 is 23.5 Å². The number of aliphatic carboxylic acids is 1. The molecule has 0 aromatic heterocycles. The molecule has 1 amide bonds. The standard InChI is InChI=1S/C16H19F2NO3/c17-12-8-7-10(9-13(12)18)3-1-6-15(20)19-14-5-2-4-11(14)16(21)22/h7-9,11,14H,1-6H2,(H,19,20)(H,21,22)/t11-,14-/m1/s1. The summed E-state index contributed by atoms with van der Waals surface area (Å²) in [5.41, 5.74) is 0.635. The van der Waals surface area contributed by atoms with Gasteiger partial charge in [-0.3, -0.25) is 9.59 Å². The summed E-state index contributed by atoms with van der Waals surface area (Å²) in [7, 11) is 0. The minimum absolute atomic E-state index is 0.194. The Labute approximate surface area is 127 Å². The van der Waals surface area contributed by atoms with Gasteiger partial charge in [0, 0.05) is 12.5 Å². The molecule has 120 valence electrons. The maximum absolute atomic E-state index is 13.0. The van der Waals surface area contributed by atoms with Crippen LogP contribution in [0.3, 0.4) is 0 Å². The van der Waals surface area contributed by atoms with Crippen molar-refractivity contribution in [2.45, 2.75) is 44.6 Å². The maximum Gasteiger partial charge on any atom is 0.308 e. The molecule has 1 aliphatic rings. The van der Waals surface area contributed by atoms with Crippen molar-refractivity contribution < 1.29 is 23.5 Å². The Morgan fingerprint density at radius 2 is 2.00 bits per heavy atom. The van der Waals surface area contributed by atoms with Crippen molar-refractivity contribution in [3.8, 4) is 0 Å². The first-order valence-corrected chi connectivity index (χ1v) is 7.43. The fourth-order valence-corrected chi connectivity index (χ4v) is 2.86. The number of carbonyl (C=O) groups excluding carboxylic acids is 1. The molecule has 1 aromatic rings. The third-order valence-corrected chi connectivity index (χ3v) is 4.03. The number of carbonyl (C=O) groups is 2. The Morgan fingerprint density at radius 1 is 1.23 bits per heavy atom. The van der Waals surface area contributed by atoms with E-state index in [-0.39, 0.29) is 18.4 Å². The van der Waals surface area contributed by atoms with E-state index >= 15 is 0 Å². The van der Waals surface area contributed by atoms with Gasteiger partial charge in [-0.2, -0.15) is 0 Å². The van der Waals surface area contributed by atoms with Gasteiger partial charge in [0.15, 0.2) is 11.6 Å². The van der Waals surface area contributed by atoms with Gasteiger partial charge < -0.3 is 10.4 Å². The van der Waals surface area contributed by atoms with Crippen LogP contribution < -0.4 is 5.32 Å². The van der Waals surface area contributed by atoms with Gasteiger partial charge >= 0.3 is 5.97 Å². The highest BCUT2D eigenvalue weighted by molar-refractivity contribution is 5.78.